The first-order valence-corrected chi connectivity index (χ1v) is 11.1. The molecule has 0 bridgehead atoms. The minimum absolute atomic E-state index is 0.0746. The summed E-state index contributed by atoms with van der Waals surface area (Å²) in [5.74, 6) is 0.321. The van der Waals surface area contributed by atoms with Crippen LogP contribution in [-0.2, 0) is 9.53 Å². The number of piperidine rings is 1. The number of nitrogens with zero attached hydrogens (tertiary/aromatic N) is 3. The number of hydrogen-bond acceptors (Lipinski definition) is 5. The van der Waals surface area contributed by atoms with Crippen LogP contribution in [0, 0.1) is 5.92 Å². The van der Waals surface area contributed by atoms with Crippen molar-refractivity contribution in [3.05, 3.63) is 64.0 Å². The first kappa shape index (κ1) is 21.6. The van der Waals surface area contributed by atoms with Crippen LogP contribution in [0.5, 0.6) is 0 Å². The van der Waals surface area contributed by atoms with Gasteiger partial charge in [-0.3, -0.25) is 9.59 Å². The van der Waals surface area contributed by atoms with Crippen LogP contribution in [0.3, 0.4) is 0 Å². The van der Waals surface area contributed by atoms with Crippen LogP contribution in [0.25, 0.3) is 5.70 Å². The Morgan fingerprint density at radius 1 is 1.26 bits per heavy atom. The van der Waals surface area contributed by atoms with Crippen molar-refractivity contribution in [2.75, 3.05) is 31.6 Å². The Morgan fingerprint density at radius 2 is 2.06 bits per heavy atom. The van der Waals surface area contributed by atoms with E-state index in [2.05, 4.69) is 17.0 Å². The highest BCUT2D eigenvalue weighted by Gasteiger charge is 2.30. The van der Waals surface area contributed by atoms with Crippen LogP contribution in [-0.4, -0.2) is 46.9 Å². The Balaban J connectivity index is 1.42. The molecule has 0 aliphatic carbocycles. The highest BCUT2D eigenvalue weighted by Crippen LogP contribution is 2.28. The van der Waals surface area contributed by atoms with Crippen molar-refractivity contribution in [3.63, 3.8) is 0 Å². The van der Waals surface area contributed by atoms with E-state index in [9.17, 15) is 9.59 Å². The highest BCUT2D eigenvalue weighted by atomic mass is 35.5. The van der Waals surface area contributed by atoms with Crippen LogP contribution in [0.4, 0.5) is 5.69 Å². The van der Waals surface area contributed by atoms with Gasteiger partial charge >= 0.3 is 0 Å². The van der Waals surface area contributed by atoms with Gasteiger partial charge in [0.1, 0.15) is 5.02 Å². The van der Waals surface area contributed by atoms with Crippen molar-refractivity contribution in [1.29, 1.82) is 0 Å². The summed E-state index contributed by atoms with van der Waals surface area (Å²) in [7, 11) is 0. The zero-order chi connectivity index (χ0) is 21.8. The minimum Gasteiger partial charge on any atom is -0.382 e. The second kappa shape index (κ2) is 9.66. The first-order valence-electron chi connectivity index (χ1n) is 10.7. The SMILES string of the molecule is C=C(c1ccccc1)N1CC[C@H](n2ncc(NC[C@@H]3CCCOC3)c(Cl)c2=O)CC1=O. The molecule has 0 unspecified atom stereocenters. The molecule has 8 heteroatoms. The minimum atomic E-state index is -0.375. The van der Waals surface area contributed by atoms with Crippen LogP contribution < -0.4 is 10.9 Å². The van der Waals surface area contributed by atoms with Gasteiger partial charge in [-0.15, -0.1) is 0 Å². The normalized spacial score (nSPS) is 21.7. The average molecular weight is 443 g/mol. The molecule has 1 N–H and O–H groups in total. The molecule has 0 spiro atoms. The maximum absolute atomic E-state index is 12.8. The van der Waals surface area contributed by atoms with E-state index in [1.165, 1.54) is 4.68 Å². The lowest BCUT2D eigenvalue weighted by Gasteiger charge is -2.33. The van der Waals surface area contributed by atoms with Gasteiger partial charge in [0.25, 0.3) is 5.56 Å². The molecule has 1 aromatic heterocycles. The Hall–Kier alpha value is -2.64. The summed E-state index contributed by atoms with van der Waals surface area (Å²) in [6.07, 6.45) is 4.49. The maximum atomic E-state index is 12.8. The van der Waals surface area contributed by atoms with Crippen LogP contribution in [0.2, 0.25) is 5.02 Å². The summed E-state index contributed by atoms with van der Waals surface area (Å²) < 4.78 is 6.84. The van der Waals surface area contributed by atoms with Crippen LogP contribution in [0.15, 0.2) is 47.9 Å². The molecule has 0 radical (unpaired) electrons. The predicted octanol–water partition coefficient (Wildman–Crippen LogP) is 3.57. The van der Waals surface area contributed by atoms with Crippen LogP contribution >= 0.6 is 11.6 Å². The van der Waals surface area contributed by atoms with E-state index in [1.807, 2.05) is 30.3 Å². The number of carbonyl (C=O) groups is 1. The number of ether oxygens (including phenoxy) is 1. The molecule has 164 valence electrons. The Bertz CT molecular complexity index is 1000. The molecule has 1 amide bonds. The molecule has 2 aliphatic rings. The monoisotopic (exact) mass is 442 g/mol. The number of likely N-dealkylation sites (tertiary alicyclic amines) is 1. The lowest BCUT2D eigenvalue weighted by Crippen LogP contribution is -2.41. The largest absolute Gasteiger partial charge is 0.382 e. The fraction of sp³-hybridized carbons (Fsp3) is 0.435. The molecule has 2 aromatic rings. The van der Waals surface area contributed by atoms with Gasteiger partial charge in [-0.05, 0) is 30.7 Å². The molecule has 7 nitrogen and oxygen atoms in total. The third kappa shape index (κ3) is 4.83. The lowest BCUT2D eigenvalue weighted by molar-refractivity contribution is -0.131. The number of amides is 1. The Labute approximate surface area is 186 Å². The van der Waals surface area contributed by atoms with Crippen molar-refractivity contribution in [1.82, 2.24) is 14.7 Å². The molecule has 3 heterocycles. The van der Waals surface area contributed by atoms with E-state index in [1.54, 1.807) is 11.1 Å². The van der Waals surface area contributed by atoms with Gasteiger partial charge in [0.05, 0.1) is 24.5 Å². The Morgan fingerprint density at radius 3 is 2.77 bits per heavy atom. The number of nitrogens with one attached hydrogen (secondary N) is 1. The van der Waals surface area contributed by atoms with E-state index in [0.29, 0.717) is 43.4 Å². The molecule has 2 aliphatic heterocycles. The smallest absolute Gasteiger partial charge is 0.287 e. The van der Waals surface area contributed by atoms with Crippen molar-refractivity contribution in [2.24, 2.45) is 5.92 Å². The van der Waals surface area contributed by atoms with Crippen molar-refractivity contribution in [3.8, 4) is 0 Å². The number of hydrogen-bond donors (Lipinski definition) is 1. The molecule has 0 saturated carbocycles. The lowest BCUT2D eigenvalue weighted by atomic mass is 10.0. The second-order valence-electron chi connectivity index (χ2n) is 8.09. The van der Waals surface area contributed by atoms with E-state index >= 15 is 0 Å². The molecule has 1 aromatic carbocycles. The van der Waals surface area contributed by atoms with Gasteiger partial charge in [-0.1, -0.05) is 48.5 Å². The first-order chi connectivity index (χ1) is 15.0. The van der Waals surface area contributed by atoms with Gasteiger partial charge < -0.3 is 15.0 Å². The molecule has 4 rings (SSSR count). The fourth-order valence-corrected chi connectivity index (χ4v) is 4.35. The third-order valence-electron chi connectivity index (χ3n) is 5.96. The van der Waals surface area contributed by atoms with E-state index in [-0.39, 0.29) is 29.0 Å². The summed E-state index contributed by atoms with van der Waals surface area (Å²) in [6.45, 7) is 6.77. The quantitative estimate of drug-likeness (QED) is 0.740. The van der Waals surface area contributed by atoms with Gasteiger partial charge in [-0.25, -0.2) is 4.68 Å². The summed E-state index contributed by atoms with van der Waals surface area (Å²) in [5.41, 5.74) is 1.73. The molecule has 2 atom stereocenters. The van der Waals surface area contributed by atoms with E-state index in [0.717, 1.165) is 25.0 Å². The molecular weight excluding hydrogens is 416 g/mol. The number of anilines is 1. The number of halogens is 1. The van der Waals surface area contributed by atoms with Gasteiger partial charge in [0, 0.05) is 31.8 Å². The average Bonchev–Trinajstić information content (AvgIpc) is 2.81. The van der Waals surface area contributed by atoms with Crippen LogP contribution in [0.1, 0.15) is 37.3 Å². The van der Waals surface area contributed by atoms with Crippen molar-refractivity contribution in [2.45, 2.75) is 31.7 Å². The van der Waals surface area contributed by atoms with E-state index in [4.69, 9.17) is 16.3 Å². The Kier molecular flexibility index (Phi) is 6.73. The second-order valence-corrected chi connectivity index (χ2v) is 8.47. The fourth-order valence-electron chi connectivity index (χ4n) is 4.15. The maximum Gasteiger partial charge on any atom is 0.287 e. The summed E-state index contributed by atoms with van der Waals surface area (Å²) >= 11 is 6.35. The molecule has 31 heavy (non-hydrogen) atoms. The predicted molar refractivity (Wildman–Crippen MR) is 121 cm³/mol. The highest BCUT2D eigenvalue weighted by molar-refractivity contribution is 6.32. The van der Waals surface area contributed by atoms with Gasteiger partial charge in [0.15, 0.2) is 0 Å². The van der Waals surface area contributed by atoms with E-state index < -0.39 is 0 Å². The number of benzene rings is 1. The molecular formula is C23H27ClN4O3. The zero-order valence-corrected chi connectivity index (χ0v) is 18.2. The van der Waals surface area contributed by atoms with Gasteiger partial charge in [0.2, 0.25) is 5.91 Å². The topological polar surface area (TPSA) is 76.5 Å². The molecule has 2 fully saturated rings. The number of aromatic nitrogens is 2. The van der Waals surface area contributed by atoms with Crippen molar-refractivity contribution >= 4 is 28.9 Å². The third-order valence-corrected chi connectivity index (χ3v) is 6.32. The number of rotatable bonds is 6. The van der Waals surface area contributed by atoms with Gasteiger partial charge in [-0.2, -0.15) is 5.10 Å². The molecule has 2 saturated heterocycles. The summed E-state index contributed by atoms with van der Waals surface area (Å²) in [6, 6.07) is 9.30. The standard InChI is InChI=1S/C23H27ClN4O3/c1-16(18-7-3-2-4-8-18)27-10-9-19(12-21(27)29)28-23(30)22(24)20(14-26-28)25-13-17-6-5-11-31-15-17/h2-4,7-8,14,17,19,25H,1,5-6,9-13,15H2/t17-,19-/m0/s1. The number of carbonyl (C=O) groups excluding carboxylic acids is 1. The van der Waals surface area contributed by atoms with Crippen molar-refractivity contribution < 1.29 is 9.53 Å². The summed E-state index contributed by atoms with van der Waals surface area (Å²) in [4.78, 5) is 27.3. The summed E-state index contributed by atoms with van der Waals surface area (Å²) in [5, 5.41) is 7.66. The zero-order valence-electron chi connectivity index (χ0n) is 17.4.